The lowest BCUT2D eigenvalue weighted by Crippen LogP contribution is -2.33. The fourth-order valence-corrected chi connectivity index (χ4v) is 3.30. The van der Waals surface area contributed by atoms with Crippen LogP contribution in [-0.4, -0.2) is 50.7 Å². The molecule has 0 aliphatic heterocycles. The number of anilines is 2. The molecule has 0 atom stereocenters. The number of nitrogens with zero attached hydrogens (tertiary/aromatic N) is 4. The Balaban J connectivity index is 1.57. The summed E-state index contributed by atoms with van der Waals surface area (Å²) in [5.41, 5.74) is 1.97. The van der Waals surface area contributed by atoms with Crippen LogP contribution in [0.15, 0.2) is 36.4 Å². The Morgan fingerprint density at radius 1 is 1.24 bits per heavy atom. The molecule has 0 aliphatic rings. The number of rotatable bonds is 6. The number of halogens is 4. The topological polar surface area (TPSA) is 110 Å². The van der Waals surface area contributed by atoms with Crippen LogP contribution in [0.1, 0.15) is 10.4 Å². The summed E-state index contributed by atoms with van der Waals surface area (Å²) >= 11 is 6.07. The van der Waals surface area contributed by atoms with Gasteiger partial charge in [0.05, 0.1) is 18.2 Å². The minimum absolute atomic E-state index is 0.0370. The monoisotopic (exact) mass is 479 g/mol. The van der Waals surface area contributed by atoms with Crippen molar-refractivity contribution in [2.24, 2.45) is 7.05 Å². The molecule has 9 nitrogen and oxygen atoms in total. The minimum atomic E-state index is -4.52. The first kappa shape index (κ1) is 22.4. The molecule has 0 bridgehead atoms. The zero-order valence-electron chi connectivity index (χ0n) is 17.3. The van der Waals surface area contributed by atoms with Crippen LogP contribution in [0.5, 0.6) is 5.75 Å². The third kappa shape index (κ3) is 4.85. The third-order valence-electron chi connectivity index (χ3n) is 4.69. The molecule has 0 radical (unpaired) electrons. The molecule has 3 N–H and O–H groups in total. The summed E-state index contributed by atoms with van der Waals surface area (Å²) in [5, 5.41) is 17.2. The van der Waals surface area contributed by atoms with Crippen molar-refractivity contribution in [1.29, 1.82) is 0 Å². The number of methoxy groups -OCH3 is 1. The summed E-state index contributed by atoms with van der Waals surface area (Å²) in [4.78, 5) is 16.6. The molecule has 0 unspecified atom stereocenters. The number of fused-ring (bicyclic) bond motifs is 1. The molecule has 0 aliphatic carbocycles. The molecule has 0 saturated carbocycles. The van der Waals surface area contributed by atoms with Gasteiger partial charge < -0.3 is 15.4 Å². The van der Waals surface area contributed by atoms with Gasteiger partial charge in [0.25, 0.3) is 5.91 Å². The van der Waals surface area contributed by atoms with Crippen LogP contribution in [0.2, 0.25) is 5.15 Å². The van der Waals surface area contributed by atoms with Crippen LogP contribution >= 0.6 is 11.6 Å². The van der Waals surface area contributed by atoms with Gasteiger partial charge in [0.2, 0.25) is 5.95 Å². The van der Waals surface area contributed by atoms with Crippen molar-refractivity contribution in [1.82, 2.24) is 30.3 Å². The highest BCUT2D eigenvalue weighted by molar-refractivity contribution is 6.34. The van der Waals surface area contributed by atoms with E-state index in [0.29, 0.717) is 28.2 Å². The molecule has 4 aromatic rings. The molecular weight excluding hydrogens is 463 g/mol. The largest absolute Gasteiger partial charge is 0.496 e. The number of ether oxygens (including phenoxy) is 1. The summed E-state index contributed by atoms with van der Waals surface area (Å²) in [6.07, 6.45) is -4.52. The summed E-state index contributed by atoms with van der Waals surface area (Å²) in [7, 11) is 3.01. The number of nitrogens with one attached hydrogen (secondary N) is 3. The van der Waals surface area contributed by atoms with E-state index in [1.165, 1.54) is 30.0 Å². The first-order valence-corrected chi connectivity index (χ1v) is 9.87. The maximum Gasteiger partial charge on any atom is 0.405 e. The van der Waals surface area contributed by atoms with Gasteiger partial charge in [-0.05, 0) is 30.3 Å². The van der Waals surface area contributed by atoms with Crippen molar-refractivity contribution in [3.63, 3.8) is 0 Å². The molecule has 0 spiro atoms. The molecule has 13 heteroatoms. The Morgan fingerprint density at radius 3 is 2.76 bits per heavy atom. The zero-order chi connectivity index (χ0) is 23.8. The number of carbonyl (C=O) groups is 1. The second-order valence-corrected chi connectivity index (χ2v) is 7.35. The van der Waals surface area contributed by atoms with Gasteiger partial charge in [-0.1, -0.05) is 17.7 Å². The summed E-state index contributed by atoms with van der Waals surface area (Å²) in [6, 6.07) is 9.83. The van der Waals surface area contributed by atoms with E-state index in [0.717, 1.165) is 10.9 Å². The van der Waals surface area contributed by atoms with E-state index < -0.39 is 18.6 Å². The number of aryl methyl sites for hydroxylation is 1. The SMILES string of the molecule is COc1cc(-c2nc(Nc3ccc4[nH]nc(Cl)c4c3)n(C)n2)ccc1C(=O)NCC(F)(F)F. The molecule has 2 aromatic carbocycles. The van der Waals surface area contributed by atoms with E-state index in [9.17, 15) is 18.0 Å². The van der Waals surface area contributed by atoms with Crippen LogP contribution in [0, 0.1) is 0 Å². The Hall–Kier alpha value is -3.80. The normalized spacial score (nSPS) is 11.6. The van der Waals surface area contributed by atoms with E-state index in [1.54, 1.807) is 7.05 Å². The van der Waals surface area contributed by atoms with Crippen molar-refractivity contribution >= 4 is 40.0 Å². The van der Waals surface area contributed by atoms with E-state index in [4.69, 9.17) is 16.3 Å². The van der Waals surface area contributed by atoms with Gasteiger partial charge in [-0.3, -0.25) is 9.89 Å². The van der Waals surface area contributed by atoms with Gasteiger partial charge in [-0.25, -0.2) is 4.68 Å². The van der Waals surface area contributed by atoms with Crippen LogP contribution in [0.25, 0.3) is 22.3 Å². The number of H-pyrrole nitrogens is 1. The van der Waals surface area contributed by atoms with Crippen LogP contribution < -0.4 is 15.4 Å². The standard InChI is InChI=1S/C20H17ClF3N7O2/c1-31-19(26-11-4-6-14-13(8-11)16(21)29-28-14)27-17(30-31)10-3-5-12(15(7-10)33-2)18(32)25-9-20(22,23)24/h3-8H,9H2,1-2H3,(H,25,32)(H,28,29)(H,26,27,30). The van der Waals surface area contributed by atoms with Crippen molar-refractivity contribution < 1.29 is 22.7 Å². The maximum atomic E-state index is 12.4. The molecule has 4 rings (SSSR count). The predicted octanol–water partition coefficient (Wildman–Crippen LogP) is 4.06. The highest BCUT2D eigenvalue weighted by Gasteiger charge is 2.28. The average Bonchev–Trinajstić information content (AvgIpc) is 3.33. The van der Waals surface area contributed by atoms with Crippen LogP contribution in [0.3, 0.4) is 0 Å². The van der Waals surface area contributed by atoms with E-state index in [-0.39, 0.29) is 11.3 Å². The first-order chi connectivity index (χ1) is 15.6. The van der Waals surface area contributed by atoms with Gasteiger partial charge in [0.1, 0.15) is 12.3 Å². The zero-order valence-corrected chi connectivity index (χ0v) is 18.0. The second-order valence-electron chi connectivity index (χ2n) is 7.00. The quantitative estimate of drug-likeness (QED) is 0.385. The average molecular weight is 480 g/mol. The van der Waals surface area contributed by atoms with Crippen molar-refractivity contribution in [3.8, 4) is 17.1 Å². The molecular formula is C20H17ClF3N7O2. The first-order valence-electron chi connectivity index (χ1n) is 9.49. The Kier molecular flexibility index (Phi) is 5.85. The fourth-order valence-electron chi connectivity index (χ4n) is 3.10. The third-order valence-corrected chi connectivity index (χ3v) is 4.98. The van der Waals surface area contributed by atoms with Gasteiger partial charge in [0, 0.05) is 23.7 Å². The molecule has 0 saturated heterocycles. The molecule has 2 heterocycles. The van der Waals surface area contributed by atoms with E-state index in [1.807, 2.05) is 23.5 Å². The number of aromatic amines is 1. The summed E-state index contributed by atoms with van der Waals surface area (Å²) in [6.45, 7) is -1.44. The van der Waals surface area contributed by atoms with Gasteiger partial charge >= 0.3 is 6.18 Å². The smallest absolute Gasteiger partial charge is 0.405 e. The van der Waals surface area contributed by atoms with E-state index >= 15 is 0 Å². The molecule has 2 aromatic heterocycles. The Morgan fingerprint density at radius 2 is 2.03 bits per heavy atom. The van der Waals surface area contributed by atoms with Gasteiger partial charge in [-0.15, -0.1) is 5.10 Å². The molecule has 172 valence electrons. The molecule has 33 heavy (non-hydrogen) atoms. The van der Waals surface area contributed by atoms with Crippen LogP contribution in [-0.2, 0) is 7.05 Å². The Labute approximate surface area is 189 Å². The lowest BCUT2D eigenvalue weighted by atomic mass is 10.1. The number of benzene rings is 2. The lowest BCUT2D eigenvalue weighted by Gasteiger charge is -2.11. The lowest BCUT2D eigenvalue weighted by molar-refractivity contribution is -0.123. The highest BCUT2D eigenvalue weighted by atomic mass is 35.5. The second kappa shape index (κ2) is 8.62. The van der Waals surface area contributed by atoms with Crippen molar-refractivity contribution in [2.75, 3.05) is 19.0 Å². The molecule has 1 amide bonds. The van der Waals surface area contributed by atoms with Crippen LogP contribution in [0.4, 0.5) is 24.8 Å². The highest BCUT2D eigenvalue weighted by Crippen LogP contribution is 2.29. The number of aromatic nitrogens is 5. The van der Waals surface area contributed by atoms with Crippen molar-refractivity contribution in [2.45, 2.75) is 6.18 Å². The van der Waals surface area contributed by atoms with E-state index in [2.05, 4.69) is 25.6 Å². The van der Waals surface area contributed by atoms with Gasteiger partial charge in [-0.2, -0.15) is 23.3 Å². The van der Waals surface area contributed by atoms with Crippen molar-refractivity contribution in [3.05, 3.63) is 47.1 Å². The number of alkyl halides is 3. The number of amides is 1. The van der Waals surface area contributed by atoms with Gasteiger partial charge in [0.15, 0.2) is 11.0 Å². The Bertz CT molecular complexity index is 1330. The number of carbonyl (C=O) groups excluding carboxylic acids is 1. The number of hydrogen-bond acceptors (Lipinski definition) is 6. The number of hydrogen-bond donors (Lipinski definition) is 3. The fraction of sp³-hybridized carbons (Fsp3) is 0.200. The minimum Gasteiger partial charge on any atom is -0.496 e. The summed E-state index contributed by atoms with van der Waals surface area (Å²) in [5.74, 6) is -0.0625. The maximum absolute atomic E-state index is 12.4. The predicted molar refractivity (Wildman–Crippen MR) is 116 cm³/mol. The molecule has 0 fully saturated rings. The summed E-state index contributed by atoms with van der Waals surface area (Å²) < 4.78 is 43.9.